The highest BCUT2D eigenvalue weighted by Crippen LogP contribution is 2.58. The number of aliphatic hydroxyl groups excluding tert-OH is 3. The number of nitrogens with zero attached hydrogens (tertiary/aromatic N) is 3. The van der Waals surface area contributed by atoms with Gasteiger partial charge in [0.25, 0.3) is 0 Å². The summed E-state index contributed by atoms with van der Waals surface area (Å²) in [6.45, 7) is 2.96. The van der Waals surface area contributed by atoms with Crippen LogP contribution in [0.1, 0.15) is 30.7 Å². The van der Waals surface area contributed by atoms with E-state index in [0.29, 0.717) is 0 Å². The van der Waals surface area contributed by atoms with Gasteiger partial charge in [-0.3, -0.25) is 0 Å². The Kier molecular flexibility index (Phi) is 8.27. The first-order valence-corrected chi connectivity index (χ1v) is 14.8. The van der Waals surface area contributed by atoms with Gasteiger partial charge in [0.15, 0.2) is 17.5 Å². The van der Waals surface area contributed by atoms with Crippen LogP contribution in [0.15, 0.2) is 72.9 Å². The average Bonchev–Trinajstić information content (AvgIpc) is 3.41. The first kappa shape index (κ1) is 29.3. The molecule has 0 amide bonds. The van der Waals surface area contributed by atoms with Crippen molar-refractivity contribution < 1.29 is 33.6 Å². The second-order valence-electron chi connectivity index (χ2n) is 10.8. The van der Waals surface area contributed by atoms with Gasteiger partial charge in [0.2, 0.25) is 0 Å². The minimum atomic E-state index is -1.60. The average molecular weight is 588 g/mol. The number of hydrogen-bond acceptors (Lipinski definition) is 6. The lowest BCUT2D eigenvalue weighted by atomic mass is 9.91. The van der Waals surface area contributed by atoms with Crippen LogP contribution in [0.5, 0.6) is 0 Å². The molecule has 41 heavy (non-hydrogen) atoms. The van der Waals surface area contributed by atoms with Gasteiger partial charge >= 0.3 is 0 Å². The summed E-state index contributed by atoms with van der Waals surface area (Å²) in [5, 5.41) is 51.6. The highest BCUT2D eigenvalue weighted by molar-refractivity contribution is 8.18. The summed E-state index contributed by atoms with van der Waals surface area (Å²) in [6, 6.07) is 17.9. The Bertz CT molecular complexity index is 1490. The number of benzene rings is 3. The number of rotatable bonds is 7. The summed E-state index contributed by atoms with van der Waals surface area (Å²) in [7, 11) is -1.42. The van der Waals surface area contributed by atoms with Crippen LogP contribution in [0, 0.1) is 17.5 Å². The summed E-state index contributed by atoms with van der Waals surface area (Å²) >= 11 is 0. The van der Waals surface area contributed by atoms with Crippen LogP contribution < -0.4 is 0 Å². The van der Waals surface area contributed by atoms with Crippen LogP contribution >= 0.6 is 10.9 Å². The SMILES string of the molecule is CC(C)(O)C(c1ccccc1-c1ccccc1)[SH]1C[C@H](O)[C@H](n2cc(-c3cc(F)c(F)c(F)c3)nn2)[C@@H](O)[C@H]1CO. The summed E-state index contributed by atoms with van der Waals surface area (Å²) < 4.78 is 42.3. The van der Waals surface area contributed by atoms with E-state index in [9.17, 15) is 33.6 Å². The molecule has 5 rings (SSSR count). The van der Waals surface area contributed by atoms with Crippen LogP contribution in [-0.4, -0.2) is 70.8 Å². The van der Waals surface area contributed by atoms with E-state index in [1.54, 1.807) is 13.8 Å². The van der Waals surface area contributed by atoms with E-state index in [1.165, 1.54) is 10.9 Å². The van der Waals surface area contributed by atoms with Crippen LogP contribution in [0.3, 0.4) is 0 Å². The third-order valence-corrected chi connectivity index (χ3v) is 11.3. The van der Waals surface area contributed by atoms with E-state index in [4.69, 9.17) is 0 Å². The van der Waals surface area contributed by atoms with E-state index in [-0.39, 0.29) is 17.0 Å². The van der Waals surface area contributed by atoms with Crippen molar-refractivity contribution in [2.45, 2.75) is 48.2 Å². The molecule has 7 nitrogen and oxygen atoms in total. The maximum absolute atomic E-state index is 13.8. The van der Waals surface area contributed by atoms with Gasteiger partial charge in [-0.05, 0) is 42.7 Å². The lowest BCUT2D eigenvalue weighted by molar-refractivity contribution is 0.00572. The fraction of sp³-hybridized carbons (Fsp3) is 0.333. The molecule has 11 heteroatoms. The molecule has 1 aliphatic heterocycles. The quantitative estimate of drug-likeness (QED) is 0.164. The molecule has 2 unspecified atom stereocenters. The van der Waals surface area contributed by atoms with Crippen LogP contribution in [-0.2, 0) is 0 Å². The molecule has 1 aromatic heterocycles. The standard InChI is InChI=1S/C30H32F3N3O4S/c1-30(2,40)29(20-11-7-6-10-19(20)17-8-4-3-5-9-17)41-16-24(38)27(28(39)25(41)15-37)36-14-23(34-35-36)18-12-21(31)26(33)22(32)13-18/h3-14,24-25,27-29,37-41H,15-16H2,1-2H3/t24-,25+,27-,28-,29?/m0/s1. The first-order chi connectivity index (χ1) is 19.5. The molecule has 0 saturated carbocycles. The van der Waals surface area contributed by atoms with Gasteiger partial charge < -0.3 is 20.4 Å². The molecule has 0 bridgehead atoms. The molecule has 2 heterocycles. The van der Waals surface area contributed by atoms with Crippen molar-refractivity contribution in [3.8, 4) is 22.4 Å². The van der Waals surface area contributed by atoms with Crippen molar-refractivity contribution in [3.05, 3.63) is 95.9 Å². The van der Waals surface area contributed by atoms with Crippen molar-refractivity contribution >= 4 is 10.9 Å². The lowest BCUT2D eigenvalue weighted by Crippen LogP contribution is -2.52. The minimum Gasteiger partial charge on any atom is -0.395 e. The fourth-order valence-electron chi connectivity index (χ4n) is 5.79. The van der Waals surface area contributed by atoms with Gasteiger partial charge in [-0.2, -0.15) is 0 Å². The molecular weight excluding hydrogens is 555 g/mol. The number of hydrogen-bond donors (Lipinski definition) is 5. The van der Waals surface area contributed by atoms with Gasteiger partial charge in [0.05, 0.1) is 30.6 Å². The molecule has 6 atom stereocenters. The van der Waals surface area contributed by atoms with Crippen LogP contribution in [0.2, 0.25) is 0 Å². The predicted molar refractivity (Wildman–Crippen MR) is 152 cm³/mol. The summed E-state index contributed by atoms with van der Waals surface area (Å²) in [6.07, 6.45) is -1.13. The molecule has 1 saturated heterocycles. The molecule has 1 fully saturated rings. The van der Waals surface area contributed by atoms with Gasteiger partial charge in [-0.15, -0.1) is 5.10 Å². The van der Waals surface area contributed by atoms with Gasteiger partial charge in [0.1, 0.15) is 11.7 Å². The second-order valence-corrected chi connectivity index (χ2v) is 13.4. The highest BCUT2D eigenvalue weighted by Gasteiger charge is 2.49. The Hall–Kier alpha value is -3.22. The smallest absolute Gasteiger partial charge is 0.194 e. The number of aliphatic hydroxyl groups is 4. The maximum Gasteiger partial charge on any atom is 0.194 e. The van der Waals surface area contributed by atoms with E-state index in [2.05, 4.69) is 10.3 Å². The van der Waals surface area contributed by atoms with Crippen molar-refractivity contribution in [1.82, 2.24) is 15.0 Å². The topological polar surface area (TPSA) is 112 Å². The Labute approximate surface area is 238 Å². The van der Waals surface area contributed by atoms with Crippen molar-refractivity contribution in [3.63, 3.8) is 0 Å². The third-order valence-electron chi connectivity index (χ3n) is 7.59. The van der Waals surface area contributed by atoms with Crippen LogP contribution in [0.4, 0.5) is 13.2 Å². The van der Waals surface area contributed by atoms with Crippen molar-refractivity contribution in [2.75, 3.05) is 12.4 Å². The molecule has 1 aliphatic rings. The highest BCUT2D eigenvalue weighted by atomic mass is 32.2. The van der Waals surface area contributed by atoms with E-state index >= 15 is 0 Å². The fourth-order valence-corrected chi connectivity index (χ4v) is 9.48. The zero-order valence-electron chi connectivity index (χ0n) is 22.4. The molecule has 0 radical (unpaired) electrons. The largest absolute Gasteiger partial charge is 0.395 e. The molecule has 0 aliphatic carbocycles. The molecular formula is C30H32F3N3O4S. The second kappa shape index (κ2) is 11.6. The third kappa shape index (κ3) is 5.64. The van der Waals surface area contributed by atoms with Crippen LogP contribution in [0.25, 0.3) is 22.4 Å². The number of aromatic nitrogens is 3. The summed E-state index contributed by atoms with van der Waals surface area (Å²) in [5.74, 6) is -4.21. The predicted octanol–water partition coefficient (Wildman–Crippen LogP) is 4.18. The van der Waals surface area contributed by atoms with E-state index < -0.39 is 69.3 Å². The summed E-state index contributed by atoms with van der Waals surface area (Å²) in [4.78, 5) is 0. The van der Waals surface area contributed by atoms with Gasteiger partial charge in [-0.25, -0.2) is 28.7 Å². The Morgan fingerprint density at radius 2 is 1.61 bits per heavy atom. The molecule has 4 aromatic rings. The first-order valence-electron chi connectivity index (χ1n) is 13.2. The van der Waals surface area contributed by atoms with Gasteiger partial charge in [0, 0.05) is 21.8 Å². The maximum atomic E-state index is 13.8. The Morgan fingerprint density at radius 1 is 0.976 bits per heavy atom. The van der Waals surface area contributed by atoms with Gasteiger partial charge in [-0.1, -0.05) is 59.8 Å². The van der Waals surface area contributed by atoms with E-state index in [1.807, 2.05) is 54.6 Å². The zero-order chi connectivity index (χ0) is 29.5. The zero-order valence-corrected chi connectivity index (χ0v) is 23.3. The van der Waals surface area contributed by atoms with Crippen molar-refractivity contribution in [2.24, 2.45) is 0 Å². The number of halogens is 3. The Morgan fingerprint density at radius 3 is 2.24 bits per heavy atom. The minimum absolute atomic E-state index is 0.0155. The Balaban J connectivity index is 1.51. The molecule has 218 valence electrons. The normalized spacial score (nSPS) is 24.8. The summed E-state index contributed by atoms with van der Waals surface area (Å²) in [5.41, 5.74) is 1.39. The molecule has 4 N–H and O–H groups in total. The van der Waals surface area contributed by atoms with Crippen molar-refractivity contribution in [1.29, 1.82) is 0 Å². The lowest BCUT2D eigenvalue weighted by Gasteiger charge is -2.51. The monoisotopic (exact) mass is 587 g/mol. The number of thiol groups is 1. The molecule has 0 spiro atoms. The molecule has 3 aromatic carbocycles. The van der Waals surface area contributed by atoms with E-state index in [0.717, 1.165) is 28.8 Å².